The first-order chi connectivity index (χ1) is 18.2. The summed E-state index contributed by atoms with van der Waals surface area (Å²) in [6.45, 7) is 9.75. The van der Waals surface area contributed by atoms with Gasteiger partial charge in [0.2, 0.25) is 0 Å². The lowest BCUT2D eigenvalue weighted by Crippen LogP contribution is -2.24. The number of carboxylic acids is 1. The minimum atomic E-state index is -0.937. The fourth-order valence-corrected chi connectivity index (χ4v) is 4.41. The molecule has 0 amide bonds. The Bertz CT molecular complexity index is 1150. The van der Waals surface area contributed by atoms with Gasteiger partial charge in [-0.3, -0.25) is 0 Å². The Kier molecular flexibility index (Phi) is 14.6. The second-order valence-electron chi connectivity index (χ2n) is 8.48. The Morgan fingerprint density at radius 3 is 2.32 bits per heavy atom. The van der Waals surface area contributed by atoms with E-state index in [4.69, 9.17) is 19.4 Å². The number of fused-ring (bicyclic) bond motifs is 1. The highest BCUT2D eigenvalue weighted by molar-refractivity contribution is 7.27. The van der Waals surface area contributed by atoms with Crippen molar-refractivity contribution >= 4 is 27.3 Å². The molecule has 3 aromatic carbocycles. The number of aryl methyl sites for hydroxylation is 1. The van der Waals surface area contributed by atoms with Crippen LogP contribution in [-0.4, -0.2) is 43.5 Å². The number of aliphatic carboxylic acids is 1. The number of carbonyl (C=O) groups is 2. The molecule has 38 heavy (non-hydrogen) atoms. The lowest BCUT2D eigenvalue weighted by Gasteiger charge is -2.31. The summed E-state index contributed by atoms with van der Waals surface area (Å²) in [6.07, 6.45) is 3.22. The van der Waals surface area contributed by atoms with Gasteiger partial charge in [-0.1, -0.05) is 23.8 Å². The molecule has 1 unspecified atom stereocenters. The molecule has 8 heteroatoms. The number of benzene rings is 3. The van der Waals surface area contributed by atoms with E-state index in [0.717, 1.165) is 36.1 Å². The molecule has 0 aliphatic heterocycles. The van der Waals surface area contributed by atoms with Crippen molar-refractivity contribution in [1.29, 1.82) is 0 Å². The fraction of sp³-hybridized carbons (Fsp3) is 0.267. The normalized spacial score (nSPS) is 13.3. The third kappa shape index (κ3) is 10.1. The lowest BCUT2D eigenvalue weighted by molar-refractivity contribution is -0.139. The maximum Gasteiger partial charge on any atom is 0.341 e. The van der Waals surface area contributed by atoms with E-state index in [-0.39, 0.29) is 12.4 Å². The van der Waals surface area contributed by atoms with Gasteiger partial charge in [-0.2, -0.15) is 0 Å². The van der Waals surface area contributed by atoms with Crippen LogP contribution in [0.3, 0.4) is 0 Å². The molecule has 0 bridgehead atoms. The van der Waals surface area contributed by atoms with Gasteiger partial charge in [0.05, 0.1) is 0 Å². The summed E-state index contributed by atoms with van der Waals surface area (Å²) in [5.41, 5.74) is 3.62. The topological polar surface area (TPSA) is 76.1 Å². The van der Waals surface area contributed by atoms with E-state index >= 15 is 0 Å². The van der Waals surface area contributed by atoms with E-state index in [1.807, 2.05) is 44.0 Å². The third-order valence-corrected chi connectivity index (χ3v) is 6.07. The highest BCUT2D eigenvalue weighted by Crippen LogP contribution is 2.37. The lowest BCUT2D eigenvalue weighted by atomic mass is 9.86. The number of carboxylic acid groups (broad SMARTS) is 1. The number of halogens is 1. The first kappa shape index (κ1) is 32.5. The number of ether oxygens (including phenoxy) is 2. The molecule has 1 aliphatic carbocycles. The summed E-state index contributed by atoms with van der Waals surface area (Å²) < 4.78 is 23.7. The molecule has 0 aromatic heterocycles. The zero-order valence-electron chi connectivity index (χ0n) is 22.3. The molecule has 4 rings (SSSR count). The average molecular weight is 542 g/mol. The van der Waals surface area contributed by atoms with Crippen molar-refractivity contribution in [3.63, 3.8) is 0 Å². The van der Waals surface area contributed by atoms with Gasteiger partial charge in [0.25, 0.3) is 0 Å². The molecule has 0 radical (unpaired) electrons. The second-order valence-corrected chi connectivity index (χ2v) is 9.10. The molecule has 1 N–H and O–H groups in total. The van der Waals surface area contributed by atoms with Crippen molar-refractivity contribution in [3.05, 3.63) is 96.3 Å². The number of carbonyl (C=O) groups excluding carboxylic acids is 1. The van der Waals surface area contributed by atoms with Gasteiger partial charge >= 0.3 is 5.97 Å². The van der Waals surface area contributed by atoms with E-state index in [9.17, 15) is 9.18 Å². The minimum Gasteiger partial charge on any atom is -0.482 e. The van der Waals surface area contributed by atoms with Crippen LogP contribution in [0.5, 0.6) is 17.2 Å². The van der Waals surface area contributed by atoms with E-state index in [0.29, 0.717) is 11.8 Å². The second kappa shape index (κ2) is 17.1. The number of nitrogens with zero attached hydrogens (tertiary/aromatic N) is 1. The van der Waals surface area contributed by atoms with Crippen LogP contribution in [0, 0.1) is 12.7 Å². The van der Waals surface area contributed by atoms with E-state index in [1.165, 1.54) is 28.8 Å². The van der Waals surface area contributed by atoms with E-state index < -0.39 is 5.97 Å². The van der Waals surface area contributed by atoms with Crippen LogP contribution in [0.1, 0.15) is 35.6 Å². The largest absolute Gasteiger partial charge is 0.482 e. The first-order valence-electron chi connectivity index (χ1n) is 12.0. The number of hydrogen-bond acceptors (Lipinski definition) is 5. The Morgan fingerprint density at radius 2 is 1.74 bits per heavy atom. The van der Waals surface area contributed by atoms with Gasteiger partial charge in [0.15, 0.2) is 6.61 Å². The minimum absolute atomic E-state index is 0.262. The molecule has 0 fully saturated rings. The first-order valence-corrected chi connectivity index (χ1v) is 12.5. The summed E-state index contributed by atoms with van der Waals surface area (Å²) in [6, 6.07) is 18.2. The maximum absolute atomic E-state index is 12.7. The molecule has 0 saturated carbocycles. The Morgan fingerprint density at radius 1 is 1.08 bits per heavy atom. The van der Waals surface area contributed by atoms with Crippen LogP contribution in [0.4, 0.5) is 4.39 Å². The predicted molar refractivity (Wildman–Crippen MR) is 154 cm³/mol. The third-order valence-electron chi connectivity index (χ3n) is 5.61. The summed E-state index contributed by atoms with van der Waals surface area (Å²) in [7, 11) is 6.77. The van der Waals surface area contributed by atoms with Crippen molar-refractivity contribution in [2.24, 2.45) is 0 Å². The quantitative estimate of drug-likeness (QED) is 0.299. The molecule has 2 atom stereocenters. The molecule has 0 saturated heterocycles. The van der Waals surface area contributed by atoms with Crippen LogP contribution in [-0.2, 0) is 16.0 Å². The van der Waals surface area contributed by atoms with Gasteiger partial charge in [0, 0.05) is 11.3 Å². The van der Waals surface area contributed by atoms with Crippen LogP contribution >= 0.6 is 9.24 Å². The molecule has 6 nitrogen and oxygen atoms in total. The van der Waals surface area contributed by atoms with Crippen molar-refractivity contribution in [2.75, 3.05) is 20.7 Å². The maximum atomic E-state index is 12.7. The van der Waals surface area contributed by atoms with Gasteiger partial charge in [-0.05, 0) is 93.9 Å². The van der Waals surface area contributed by atoms with E-state index in [1.54, 1.807) is 12.1 Å². The molecule has 0 heterocycles. The Balaban J connectivity index is 0.000000338. The SMILES string of the molecule is C=C.C=O.CN(C)[C@@H]1CCCc2c(OCC(=O)O)cccc21.Cc1ccc(Oc2ccc(F)cc2)c(P)c1. The number of hydrogen-bond donors (Lipinski definition) is 1. The highest BCUT2D eigenvalue weighted by Gasteiger charge is 2.24. The van der Waals surface area contributed by atoms with Crippen molar-refractivity contribution < 1.29 is 28.6 Å². The average Bonchev–Trinajstić information content (AvgIpc) is 2.92. The molecule has 204 valence electrons. The fourth-order valence-electron chi connectivity index (χ4n) is 3.99. The molecular weight excluding hydrogens is 504 g/mol. The van der Waals surface area contributed by atoms with Crippen LogP contribution in [0.15, 0.2) is 73.8 Å². The van der Waals surface area contributed by atoms with Gasteiger partial charge < -0.3 is 24.3 Å². The zero-order valence-corrected chi connectivity index (χ0v) is 23.4. The molecule has 3 aromatic rings. The van der Waals surface area contributed by atoms with Gasteiger partial charge in [0.1, 0.15) is 29.9 Å². The summed E-state index contributed by atoms with van der Waals surface area (Å²) in [4.78, 5) is 20.8. The molecule has 1 aliphatic rings. The van der Waals surface area contributed by atoms with Crippen molar-refractivity contribution in [1.82, 2.24) is 4.90 Å². The highest BCUT2D eigenvalue weighted by atomic mass is 31.0. The van der Waals surface area contributed by atoms with Crippen molar-refractivity contribution in [3.8, 4) is 17.2 Å². The van der Waals surface area contributed by atoms with Crippen LogP contribution in [0.25, 0.3) is 0 Å². The summed E-state index contributed by atoms with van der Waals surface area (Å²) in [5.74, 6) is 0.924. The predicted octanol–water partition coefficient (Wildman–Crippen LogP) is 6.13. The molecular formula is C30H37FNO5P. The van der Waals surface area contributed by atoms with Gasteiger partial charge in [-0.15, -0.1) is 22.4 Å². The Hall–Kier alpha value is -3.54. The Labute approximate surface area is 227 Å². The van der Waals surface area contributed by atoms with Crippen LogP contribution < -0.4 is 14.8 Å². The van der Waals surface area contributed by atoms with E-state index in [2.05, 4.69) is 47.5 Å². The summed E-state index contributed by atoms with van der Waals surface area (Å²) in [5, 5.41) is 9.68. The van der Waals surface area contributed by atoms with Gasteiger partial charge in [-0.25, -0.2) is 9.18 Å². The monoisotopic (exact) mass is 541 g/mol. The molecule has 0 spiro atoms. The zero-order chi connectivity index (χ0) is 28.7. The smallest absolute Gasteiger partial charge is 0.341 e. The summed E-state index contributed by atoms with van der Waals surface area (Å²) >= 11 is 0. The van der Waals surface area contributed by atoms with Crippen LogP contribution in [0.2, 0.25) is 0 Å². The van der Waals surface area contributed by atoms with Crippen molar-refractivity contribution in [2.45, 2.75) is 32.2 Å². The number of rotatable bonds is 6. The standard InChI is InChI=1S/C14H19NO3.C13H12FOP.C2H4.CH2O/c1-15(2)12-7-3-6-11-10(12)5-4-8-13(11)18-9-14(16)17;1-9-2-7-12(13(16)8-9)15-11-5-3-10(14)4-6-11;2*1-2/h4-5,8,12H,3,6-7,9H2,1-2H3,(H,16,17);2-8H,16H2,1H3;1-2H2;1H2/t12-;;;/m1.../s1.